The van der Waals surface area contributed by atoms with Gasteiger partial charge in [-0.1, -0.05) is 100 Å². The molecule has 0 aliphatic carbocycles. The van der Waals surface area contributed by atoms with E-state index in [4.69, 9.17) is 28.4 Å². The Hall–Kier alpha value is -4.71. The molecule has 0 radical (unpaired) electrons. The molecule has 0 unspecified atom stereocenters. The SMILES string of the molecule is CCCCCCCCCO[C@@H]1C[C@H](n2cc(C)c(=O)n(C(=O)OC(C)(C)C)c2=O)O[C@@H]1COC(c1ccccc1)(c1ccc(OC)cc1)c1ccc(OC)cc1. The first-order valence-electron chi connectivity index (χ1n) is 19.8. The van der Waals surface area contributed by atoms with E-state index in [-0.39, 0.29) is 12.2 Å². The molecule has 1 aliphatic heterocycles. The van der Waals surface area contributed by atoms with E-state index >= 15 is 0 Å². The van der Waals surface area contributed by atoms with Gasteiger partial charge in [-0.3, -0.25) is 9.36 Å². The lowest BCUT2D eigenvalue weighted by molar-refractivity contribution is -0.105. The van der Waals surface area contributed by atoms with Crippen LogP contribution in [0.25, 0.3) is 0 Å². The number of carbonyl (C=O) groups is 1. The highest BCUT2D eigenvalue weighted by Gasteiger charge is 2.43. The number of nitrogens with zero attached hydrogens (tertiary/aromatic N) is 2. The number of ether oxygens (including phenoxy) is 6. The molecule has 1 aromatic heterocycles. The van der Waals surface area contributed by atoms with Gasteiger partial charge in [-0.25, -0.2) is 9.59 Å². The van der Waals surface area contributed by atoms with Gasteiger partial charge in [0.15, 0.2) is 0 Å². The van der Waals surface area contributed by atoms with E-state index < -0.39 is 47.0 Å². The molecule has 3 atom stereocenters. The minimum atomic E-state index is -1.11. The third-order valence-electron chi connectivity index (χ3n) is 10.1. The maximum Gasteiger partial charge on any atom is 0.425 e. The fourth-order valence-electron chi connectivity index (χ4n) is 7.14. The third kappa shape index (κ3) is 10.2. The lowest BCUT2D eigenvalue weighted by Gasteiger charge is -2.37. The van der Waals surface area contributed by atoms with Gasteiger partial charge in [0.1, 0.15) is 35.0 Å². The largest absolute Gasteiger partial charge is 0.497 e. The Bertz CT molecular complexity index is 1920. The standard InChI is InChI=1S/C45H58N2O9/c1-8-9-10-11-12-13-17-28-53-38-29-40(46-30-32(2)41(48)47(42(46)49)43(50)56-44(3,4)5)55-39(38)31-54-45(33-18-15-14-16-19-33,34-20-24-36(51-6)25-21-34)35-22-26-37(52-7)27-23-35/h14-16,18-27,30,38-40H,8-13,17,28-29,31H2,1-7H3/t38-,39-,40-/m1/s1. The first-order valence-corrected chi connectivity index (χ1v) is 19.8. The van der Waals surface area contributed by atoms with E-state index in [9.17, 15) is 14.4 Å². The first-order chi connectivity index (χ1) is 26.9. The lowest BCUT2D eigenvalue weighted by Crippen LogP contribution is -2.47. The van der Waals surface area contributed by atoms with E-state index in [1.165, 1.54) is 36.4 Å². The Morgan fingerprint density at radius 2 is 1.34 bits per heavy atom. The molecule has 0 spiro atoms. The number of methoxy groups -OCH3 is 2. The van der Waals surface area contributed by atoms with Crippen LogP contribution >= 0.6 is 0 Å². The van der Waals surface area contributed by atoms with Crippen molar-refractivity contribution in [3.05, 3.63) is 128 Å². The quantitative estimate of drug-likeness (QED) is 0.0725. The molecule has 1 aliphatic rings. The summed E-state index contributed by atoms with van der Waals surface area (Å²) in [5.74, 6) is 1.42. The molecule has 4 aromatic rings. The molecule has 2 heterocycles. The van der Waals surface area contributed by atoms with Crippen molar-refractivity contribution in [2.45, 2.75) is 116 Å². The predicted molar refractivity (Wildman–Crippen MR) is 216 cm³/mol. The summed E-state index contributed by atoms with van der Waals surface area (Å²) in [4.78, 5) is 40.2. The number of aryl methyl sites for hydroxylation is 1. The van der Waals surface area contributed by atoms with Crippen LogP contribution in [0, 0.1) is 6.92 Å². The molecule has 1 fully saturated rings. The summed E-state index contributed by atoms with van der Waals surface area (Å²) in [6.07, 6.45) is 6.71. The van der Waals surface area contributed by atoms with Gasteiger partial charge in [0.2, 0.25) is 0 Å². The number of hydrogen-bond acceptors (Lipinski definition) is 9. The minimum absolute atomic E-state index is 0.0740. The van der Waals surface area contributed by atoms with Crippen LogP contribution in [-0.4, -0.2) is 60.5 Å². The molecule has 0 N–H and O–H groups in total. The van der Waals surface area contributed by atoms with Crippen LogP contribution < -0.4 is 20.7 Å². The second kappa shape index (κ2) is 19.4. The molecular formula is C45H58N2O9. The van der Waals surface area contributed by atoms with Crippen molar-refractivity contribution >= 4 is 6.09 Å². The van der Waals surface area contributed by atoms with Gasteiger partial charge < -0.3 is 28.4 Å². The Balaban J connectivity index is 1.51. The topological polar surface area (TPSA) is 116 Å². The molecule has 0 saturated carbocycles. The molecule has 56 heavy (non-hydrogen) atoms. The Labute approximate surface area is 330 Å². The highest BCUT2D eigenvalue weighted by molar-refractivity contribution is 5.70. The van der Waals surface area contributed by atoms with Gasteiger partial charge in [-0.2, -0.15) is 4.57 Å². The summed E-state index contributed by atoms with van der Waals surface area (Å²) in [6.45, 7) is 9.38. The van der Waals surface area contributed by atoms with Crippen molar-refractivity contribution in [1.82, 2.24) is 9.13 Å². The smallest absolute Gasteiger partial charge is 0.425 e. The van der Waals surface area contributed by atoms with Crippen LogP contribution in [0.4, 0.5) is 4.79 Å². The van der Waals surface area contributed by atoms with Gasteiger partial charge in [-0.15, -0.1) is 0 Å². The Morgan fingerprint density at radius 3 is 1.89 bits per heavy atom. The summed E-state index contributed by atoms with van der Waals surface area (Å²) in [7, 11) is 3.26. The van der Waals surface area contributed by atoms with E-state index in [0.29, 0.717) is 29.1 Å². The van der Waals surface area contributed by atoms with Gasteiger partial charge in [-0.05, 0) is 75.1 Å². The molecule has 11 heteroatoms. The predicted octanol–water partition coefficient (Wildman–Crippen LogP) is 8.55. The number of hydrogen-bond donors (Lipinski definition) is 0. The van der Waals surface area contributed by atoms with Crippen molar-refractivity contribution in [2.75, 3.05) is 27.4 Å². The molecular weight excluding hydrogens is 712 g/mol. The zero-order valence-electron chi connectivity index (χ0n) is 34.0. The van der Waals surface area contributed by atoms with E-state index in [1.807, 2.05) is 78.9 Å². The number of carbonyl (C=O) groups excluding carboxylic acids is 1. The summed E-state index contributed by atoms with van der Waals surface area (Å²) in [5, 5.41) is 0. The molecule has 1 saturated heterocycles. The summed E-state index contributed by atoms with van der Waals surface area (Å²) in [6, 6.07) is 25.6. The summed E-state index contributed by atoms with van der Waals surface area (Å²) in [5.41, 5.74) is -0.802. The third-order valence-corrected chi connectivity index (χ3v) is 10.1. The van der Waals surface area contributed by atoms with Crippen LogP contribution in [0.2, 0.25) is 0 Å². The Kier molecular flexibility index (Phi) is 14.7. The minimum Gasteiger partial charge on any atom is -0.497 e. The number of rotatable bonds is 18. The number of unbranched alkanes of at least 4 members (excludes halogenated alkanes) is 6. The molecule has 0 amide bonds. The van der Waals surface area contributed by atoms with Crippen LogP contribution in [0.5, 0.6) is 11.5 Å². The highest BCUT2D eigenvalue weighted by Crippen LogP contribution is 2.43. The molecule has 11 nitrogen and oxygen atoms in total. The number of benzene rings is 3. The second-order valence-corrected chi connectivity index (χ2v) is 15.3. The van der Waals surface area contributed by atoms with Crippen LogP contribution in [0.1, 0.15) is 108 Å². The summed E-state index contributed by atoms with van der Waals surface area (Å²) < 4.78 is 38.7. The molecule has 0 bridgehead atoms. The molecule has 5 rings (SSSR count). The zero-order chi connectivity index (χ0) is 40.3. The van der Waals surface area contributed by atoms with E-state index in [0.717, 1.165) is 36.0 Å². The van der Waals surface area contributed by atoms with Gasteiger partial charge in [0.05, 0.1) is 26.9 Å². The summed E-state index contributed by atoms with van der Waals surface area (Å²) >= 11 is 0. The van der Waals surface area contributed by atoms with Crippen LogP contribution in [0.3, 0.4) is 0 Å². The van der Waals surface area contributed by atoms with Crippen molar-refractivity contribution in [3.63, 3.8) is 0 Å². The van der Waals surface area contributed by atoms with E-state index in [2.05, 4.69) is 6.92 Å². The second-order valence-electron chi connectivity index (χ2n) is 15.3. The van der Waals surface area contributed by atoms with Crippen molar-refractivity contribution in [2.24, 2.45) is 0 Å². The van der Waals surface area contributed by atoms with Crippen LogP contribution in [-0.2, 0) is 24.5 Å². The highest BCUT2D eigenvalue weighted by atomic mass is 16.6. The van der Waals surface area contributed by atoms with Crippen molar-refractivity contribution < 1.29 is 33.2 Å². The average Bonchev–Trinajstić information content (AvgIpc) is 3.60. The first kappa shape index (κ1) is 42.4. The monoisotopic (exact) mass is 770 g/mol. The number of aromatic nitrogens is 2. The van der Waals surface area contributed by atoms with Gasteiger partial charge >= 0.3 is 11.8 Å². The maximum atomic E-state index is 13.9. The van der Waals surface area contributed by atoms with Gasteiger partial charge in [0.25, 0.3) is 5.56 Å². The lowest BCUT2D eigenvalue weighted by atomic mass is 9.80. The fourth-order valence-corrected chi connectivity index (χ4v) is 7.14. The normalized spacial score (nSPS) is 17.2. The van der Waals surface area contributed by atoms with E-state index in [1.54, 1.807) is 41.9 Å². The maximum absolute atomic E-state index is 13.9. The fraction of sp³-hybridized carbons (Fsp3) is 0.489. The Morgan fingerprint density at radius 1 is 0.786 bits per heavy atom. The molecule has 3 aromatic carbocycles. The molecule has 302 valence electrons. The van der Waals surface area contributed by atoms with Crippen molar-refractivity contribution in [3.8, 4) is 11.5 Å². The van der Waals surface area contributed by atoms with Crippen LogP contribution in [0.15, 0.2) is 94.6 Å². The average molecular weight is 771 g/mol. The van der Waals surface area contributed by atoms with Crippen molar-refractivity contribution in [1.29, 1.82) is 0 Å². The zero-order valence-corrected chi connectivity index (χ0v) is 34.0. The van der Waals surface area contributed by atoms with Gasteiger partial charge in [0, 0.05) is 24.8 Å².